The van der Waals surface area contributed by atoms with Gasteiger partial charge >= 0.3 is 11.9 Å². The lowest BCUT2D eigenvalue weighted by Crippen LogP contribution is -2.03. The van der Waals surface area contributed by atoms with Crippen molar-refractivity contribution in [2.24, 2.45) is 0 Å². The van der Waals surface area contributed by atoms with Crippen molar-refractivity contribution in [2.75, 3.05) is 0 Å². The summed E-state index contributed by atoms with van der Waals surface area (Å²) < 4.78 is 6.14. The van der Waals surface area contributed by atoms with Gasteiger partial charge in [0.05, 0.1) is 10.0 Å². The Hall–Kier alpha value is -2.34. The molecule has 0 aromatic heterocycles. The first-order valence-electron chi connectivity index (χ1n) is 5.52. The fraction of sp³-hybridized carbons (Fsp3) is 0. The van der Waals surface area contributed by atoms with Gasteiger partial charge < -0.3 is 14.9 Å². The van der Waals surface area contributed by atoms with Crippen molar-refractivity contribution in [2.45, 2.75) is 0 Å². The minimum Gasteiger partial charge on any atom is -0.478 e. The molecule has 0 aliphatic rings. The summed E-state index contributed by atoms with van der Waals surface area (Å²) in [6.45, 7) is 0. The summed E-state index contributed by atoms with van der Waals surface area (Å²) in [6.07, 6.45) is 0. The number of carbonyl (C=O) groups is 2. The lowest BCUT2D eigenvalue weighted by Gasteiger charge is -2.10. The van der Waals surface area contributed by atoms with Crippen molar-refractivity contribution < 1.29 is 24.5 Å². The quantitative estimate of drug-likeness (QED) is 0.890. The van der Waals surface area contributed by atoms with Crippen molar-refractivity contribution in [3.63, 3.8) is 0 Å². The summed E-state index contributed by atoms with van der Waals surface area (Å²) in [5.41, 5.74) is -0.150. The van der Waals surface area contributed by atoms with Crippen LogP contribution < -0.4 is 4.74 Å². The van der Waals surface area contributed by atoms with Gasteiger partial charge in [0.2, 0.25) is 0 Å². The van der Waals surface area contributed by atoms with Gasteiger partial charge in [-0.3, -0.25) is 0 Å². The van der Waals surface area contributed by atoms with Crippen LogP contribution in [0, 0.1) is 0 Å². The van der Waals surface area contributed by atoms with Crippen molar-refractivity contribution in [1.29, 1.82) is 0 Å². The number of rotatable bonds is 4. The van der Waals surface area contributed by atoms with Gasteiger partial charge in [-0.15, -0.1) is 0 Å². The molecule has 0 radical (unpaired) electrons. The number of carboxylic acid groups (broad SMARTS) is 2. The molecule has 102 valence electrons. The highest BCUT2D eigenvalue weighted by Crippen LogP contribution is 2.32. The molecule has 0 saturated heterocycles. The van der Waals surface area contributed by atoms with E-state index < -0.39 is 11.9 Å². The SMILES string of the molecule is O=C(O)c1ccc(C(=O)O)c(Oc2ccccc2Br)c1. The summed E-state index contributed by atoms with van der Waals surface area (Å²) in [6, 6.07) is 10.5. The monoisotopic (exact) mass is 336 g/mol. The van der Waals surface area contributed by atoms with E-state index in [9.17, 15) is 9.59 Å². The molecular weight excluding hydrogens is 328 g/mol. The molecule has 2 rings (SSSR count). The minimum atomic E-state index is -1.19. The van der Waals surface area contributed by atoms with Gasteiger partial charge in [-0.2, -0.15) is 0 Å². The average molecular weight is 337 g/mol. The van der Waals surface area contributed by atoms with E-state index in [2.05, 4.69) is 15.9 Å². The summed E-state index contributed by atoms with van der Waals surface area (Å²) in [5, 5.41) is 18.1. The van der Waals surface area contributed by atoms with E-state index in [1.54, 1.807) is 24.3 Å². The number of para-hydroxylation sites is 1. The lowest BCUT2D eigenvalue weighted by atomic mass is 10.1. The second-order valence-corrected chi connectivity index (χ2v) is 4.71. The molecule has 0 bridgehead atoms. The fourth-order valence-electron chi connectivity index (χ4n) is 1.56. The van der Waals surface area contributed by atoms with E-state index in [0.29, 0.717) is 10.2 Å². The van der Waals surface area contributed by atoms with Gasteiger partial charge in [0.25, 0.3) is 0 Å². The van der Waals surface area contributed by atoms with Gasteiger partial charge in [0.1, 0.15) is 17.1 Å². The van der Waals surface area contributed by atoms with Crippen LogP contribution in [0.2, 0.25) is 0 Å². The Morgan fingerprint density at radius 1 is 0.950 bits per heavy atom. The molecule has 5 nitrogen and oxygen atoms in total. The summed E-state index contributed by atoms with van der Waals surface area (Å²) in [7, 11) is 0. The molecule has 0 saturated carbocycles. The maximum Gasteiger partial charge on any atom is 0.339 e. The van der Waals surface area contributed by atoms with Gasteiger partial charge in [-0.1, -0.05) is 12.1 Å². The van der Waals surface area contributed by atoms with Gasteiger partial charge in [0, 0.05) is 0 Å². The van der Waals surface area contributed by atoms with Crippen LogP contribution in [-0.2, 0) is 0 Å². The third-order valence-corrected chi connectivity index (χ3v) is 3.17. The molecule has 0 aliphatic carbocycles. The van der Waals surface area contributed by atoms with Crippen LogP contribution in [0.1, 0.15) is 20.7 Å². The van der Waals surface area contributed by atoms with Gasteiger partial charge in [-0.25, -0.2) is 9.59 Å². The van der Waals surface area contributed by atoms with E-state index in [1.165, 1.54) is 18.2 Å². The Morgan fingerprint density at radius 3 is 2.25 bits per heavy atom. The van der Waals surface area contributed by atoms with E-state index in [-0.39, 0.29) is 16.9 Å². The van der Waals surface area contributed by atoms with Crippen molar-refractivity contribution in [1.82, 2.24) is 0 Å². The molecule has 0 unspecified atom stereocenters. The number of halogens is 1. The molecule has 0 spiro atoms. The predicted octanol–water partition coefficient (Wildman–Crippen LogP) is 3.64. The Kier molecular flexibility index (Phi) is 4.05. The van der Waals surface area contributed by atoms with Crippen LogP contribution in [0.5, 0.6) is 11.5 Å². The van der Waals surface area contributed by atoms with Crippen LogP contribution in [0.15, 0.2) is 46.9 Å². The molecule has 2 N–H and O–H groups in total. The number of carboxylic acids is 2. The van der Waals surface area contributed by atoms with E-state index in [1.807, 2.05) is 0 Å². The van der Waals surface area contributed by atoms with Crippen LogP contribution in [-0.4, -0.2) is 22.2 Å². The predicted molar refractivity (Wildman–Crippen MR) is 74.6 cm³/mol. The Bertz CT molecular complexity index is 681. The zero-order chi connectivity index (χ0) is 14.7. The zero-order valence-corrected chi connectivity index (χ0v) is 11.6. The molecule has 0 aliphatic heterocycles. The Labute approximate surface area is 122 Å². The van der Waals surface area contributed by atoms with Crippen LogP contribution in [0.4, 0.5) is 0 Å². The number of ether oxygens (including phenoxy) is 1. The van der Waals surface area contributed by atoms with Crippen molar-refractivity contribution in [3.8, 4) is 11.5 Å². The first kappa shape index (κ1) is 14.1. The van der Waals surface area contributed by atoms with Crippen molar-refractivity contribution in [3.05, 3.63) is 58.1 Å². The molecule has 2 aromatic carbocycles. The summed E-state index contributed by atoms with van der Waals surface area (Å²) >= 11 is 3.27. The molecular formula is C14H9BrO5. The van der Waals surface area contributed by atoms with Crippen LogP contribution in [0.25, 0.3) is 0 Å². The highest BCUT2D eigenvalue weighted by molar-refractivity contribution is 9.10. The molecule has 20 heavy (non-hydrogen) atoms. The fourth-order valence-corrected chi connectivity index (χ4v) is 1.93. The highest BCUT2D eigenvalue weighted by atomic mass is 79.9. The average Bonchev–Trinajstić information content (AvgIpc) is 2.41. The second kappa shape index (κ2) is 5.75. The Balaban J connectivity index is 2.48. The first-order chi connectivity index (χ1) is 9.49. The molecule has 0 heterocycles. The van der Waals surface area contributed by atoms with E-state index >= 15 is 0 Å². The third-order valence-electron chi connectivity index (χ3n) is 2.52. The minimum absolute atomic E-state index is 0.0238. The number of aromatic carboxylic acids is 2. The molecule has 6 heteroatoms. The third kappa shape index (κ3) is 2.97. The van der Waals surface area contributed by atoms with Crippen LogP contribution >= 0.6 is 15.9 Å². The number of benzene rings is 2. The topological polar surface area (TPSA) is 83.8 Å². The second-order valence-electron chi connectivity index (χ2n) is 3.85. The zero-order valence-electron chi connectivity index (χ0n) is 10.0. The van der Waals surface area contributed by atoms with Gasteiger partial charge in [0.15, 0.2) is 0 Å². The molecule has 0 atom stereocenters. The van der Waals surface area contributed by atoms with E-state index in [0.717, 1.165) is 0 Å². The van der Waals surface area contributed by atoms with Gasteiger partial charge in [-0.05, 0) is 46.3 Å². The maximum absolute atomic E-state index is 11.1. The van der Waals surface area contributed by atoms with E-state index in [4.69, 9.17) is 14.9 Å². The lowest BCUT2D eigenvalue weighted by molar-refractivity contribution is 0.0678. The molecule has 0 fully saturated rings. The number of hydrogen-bond donors (Lipinski definition) is 2. The smallest absolute Gasteiger partial charge is 0.339 e. The summed E-state index contributed by atoms with van der Waals surface area (Å²) in [4.78, 5) is 22.1. The first-order valence-corrected chi connectivity index (χ1v) is 6.31. The highest BCUT2D eigenvalue weighted by Gasteiger charge is 2.16. The Morgan fingerprint density at radius 2 is 1.65 bits per heavy atom. The normalized spacial score (nSPS) is 10.1. The largest absolute Gasteiger partial charge is 0.478 e. The molecule has 0 amide bonds. The maximum atomic E-state index is 11.1. The molecule has 2 aromatic rings. The number of hydrogen-bond acceptors (Lipinski definition) is 3. The standard InChI is InChI=1S/C14H9BrO5/c15-10-3-1-2-4-11(10)20-12-7-8(13(16)17)5-6-9(12)14(18)19/h1-7H,(H,16,17)(H,18,19). The van der Waals surface area contributed by atoms with Crippen molar-refractivity contribution >= 4 is 27.9 Å². The van der Waals surface area contributed by atoms with Crippen LogP contribution in [0.3, 0.4) is 0 Å². The summed E-state index contributed by atoms with van der Waals surface area (Å²) in [5.74, 6) is -1.97.